The Morgan fingerprint density at radius 1 is 1.40 bits per heavy atom. The summed E-state index contributed by atoms with van der Waals surface area (Å²) in [6, 6.07) is 3.25. The first-order chi connectivity index (χ1) is 6.97. The molecule has 2 heteroatoms. The van der Waals surface area contributed by atoms with Crippen LogP contribution in [0.5, 0.6) is 5.75 Å². The van der Waals surface area contributed by atoms with Gasteiger partial charge in [-0.1, -0.05) is 20.4 Å². The van der Waals surface area contributed by atoms with Gasteiger partial charge < -0.3 is 4.74 Å². The summed E-state index contributed by atoms with van der Waals surface area (Å²) in [5.41, 5.74) is 2.31. The van der Waals surface area contributed by atoms with Gasteiger partial charge in [-0.2, -0.15) is 0 Å². The fourth-order valence-corrected chi connectivity index (χ4v) is 1.53. The van der Waals surface area contributed by atoms with Crippen LogP contribution in [0.25, 0.3) is 5.57 Å². The van der Waals surface area contributed by atoms with Crippen LogP contribution in [0, 0.1) is 5.82 Å². The first-order valence-electron chi connectivity index (χ1n) is 5.00. The molecule has 1 nitrogen and oxygen atoms in total. The second-order valence-corrected chi connectivity index (χ2v) is 4.01. The summed E-state index contributed by atoms with van der Waals surface area (Å²) in [5, 5.41) is 0. The maximum Gasteiger partial charge on any atom is 0.134 e. The Balaban J connectivity index is 3.37. The maximum absolute atomic E-state index is 13.6. The van der Waals surface area contributed by atoms with Gasteiger partial charge in [-0.15, -0.1) is 0 Å². The molecule has 0 N–H and O–H groups in total. The fraction of sp³-hybridized carbons (Fsp3) is 0.385. The second-order valence-electron chi connectivity index (χ2n) is 4.01. The van der Waals surface area contributed by atoms with Crippen LogP contribution in [0.3, 0.4) is 0 Å². The number of hydrogen-bond donors (Lipinski definition) is 0. The smallest absolute Gasteiger partial charge is 0.134 e. The summed E-state index contributed by atoms with van der Waals surface area (Å²) in [6.45, 7) is 9.67. The van der Waals surface area contributed by atoms with E-state index in [4.69, 9.17) is 4.74 Å². The van der Waals surface area contributed by atoms with E-state index in [2.05, 4.69) is 20.4 Å². The van der Waals surface area contributed by atoms with Crippen molar-refractivity contribution >= 4 is 5.57 Å². The van der Waals surface area contributed by atoms with Crippen LogP contribution < -0.4 is 4.74 Å². The first kappa shape index (κ1) is 11.8. The van der Waals surface area contributed by atoms with Gasteiger partial charge in [0.1, 0.15) is 11.6 Å². The Labute approximate surface area is 90.6 Å². The standard InChI is InChI=1S/C13H17FO/c1-8(2)10-6-11(9(3)4)13(15-5)7-12(10)14/h6-7,9H,1H2,2-5H3. The van der Waals surface area contributed by atoms with E-state index in [1.807, 2.05) is 6.07 Å². The van der Waals surface area contributed by atoms with E-state index < -0.39 is 0 Å². The molecule has 0 fully saturated rings. The summed E-state index contributed by atoms with van der Waals surface area (Å²) in [5.74, 6) is 0.634. The Morgan fingerprint density at radius 3 is 2.40 bits per heavy atom. The van der Waals surface area contributed by atoms with Crippen molar-refractivity contribution < 1.29 is 9.13 Å². The molecule has 1 aromatic carbocycles. The molecule has 0 spiro atoms. The number of hydrogen-bond acceptors (Lipinski definition) is 1. The number of methoxy groups -OCH3 is 1. The molecule has 0 saturated heterocycles. The van der Waals surface area contributed by atoms with E-state index in [0.717, 1.165) is 11.1 Å². The van der Waals surface area contributed by atoms with Crippen molar-refractivity contribution in [3.8, 4) is 5.75 Å². The minimum atomic E-state index is -0.274. The predicted octanol–water partition coefficient (Wildman–Crippen LogP) is 3.99. The van der Waals surface area contributed by atoms with Crippen molar-refractivity contribution in [2.75, 3.05) is 7.11 Å². The SMILES string of the molecule is C=C(C)c1cc(C(C)C)c(OC)cc1F. The van der Waals surface area contributed by atoms with Crippen LogP contribution in [-0.2, 0) is 0 Å². The minimum absolute atomic E-state index is 0.274. The highest BCUT2D eigenvalue weighted by Crippen LogP contribution is 2.31. The van der Waals surface area contributed by atoms with E-state index in [-0.39, 0.29) is 5.82 Å². The number of halogens is 1. The summed E-state index contributed by atoms with van der Waals surface area (Å²) >= 11 is 0. The Hall–Kier alpha value is -1.31. The molecular weight excluding hydrogens is 191 g/mol. The molecule has 0 aromatic heterocycles. The molecule has 0 radical (unpaired) electrons. The minimum Gasteiger partial charge on any atom is -0.496 e. The van der Waals surface area contributed by atoms with Crippen molar-refractivity contribution in [2.24, 2.45) is 0 Å². The Morgan fingerprint density at radius 2 is 2.00 bits per heavy atom. The number of rotatable bonds is 3. The summed E-state index contributed by atoms with van der Waals surface area (Å²) in [4.78, 5) is 0. The third-order valence-electron chi connectivity index (χ3n) is 2.40. The second kappa shape index (κ2) is 4.47. The molecule has 82 valence electrons. The molecular formula is C13H17FO. The lowest BCUT2D eigenvalue weighted by molar-refractivity contribution is 0.404. The van der Waals surface area contributed by atoms with Gasteiger partial charge >= 0.3 is 0 Å². The van der Waals surface area contributed by atoms with Crippen LogP contribution in [-0.4, -0.2) is 7.11 Å². The zero-order valence-electron chi connectivity index (χ0n) is 9.73. The third kappa shape index (κ3) is 2.38. The fourth-order valence-electron chi connectivity index (χ4n) is 1.53. The summed E-state index contributed by atoms with van der Waals surface area (Å²) in [7, 11) is 1.56. The van der Waals surface area contributed by atoms with Crippen molar-refractivity contribution in [3.63, 3.8) is 0 Å². The van der Waals surface area contributed by atoms with E-state index in [1.54, 1.807) is 14.0 Å². The highest BCUT2D eigenvalue weighted by Gasteiger charge is 2.13. The van der Waals surface area contributed by atoms with Gasteiger partial charge in [0.05, 0.1) is 7.11 Å². The van der Waals surface area contributed by atoms with Gasteiger partial charge in [-0.3, -0.25) is 0 Å². The number of ether oxygens (including phenoxy) is 1. The van der Waals surface area contributed by atoms with Gasteiger partial charge in [0.2, 0.25) is 0 Å². The first-order valence-corrected chi connectivity index (χ1v) is 5.00. The normalized spacial score (nSPS) is 10.5. The molecule has 0 unspecified atom stereocenters. The lowest BCUT2D eigenvalue weighted by Crippen LogP contribution is -1.98. The van der Waals surface area contributed by atoms with Crippen molar-refractivity contribution in [1.82, 2.24) is 0 Å². The van der Waals surface area contributed by atoms with Gasteiger partial charge in [-0.25, -0.2) is 4.39 Å². The predicted molar refractivity (Wildman–Crippen MR) is 61.7 cm³/mol. The van der Waals surface area contributed by atoms with Crippen LogP contribution in [0.4, 0.5) is 4.39 Å². The highest BCUT2D eigenvalue weighted by molar-refractivity contribution is 5.64. The molecule has 0 heterocycles. The number of benzene rings is 1. The molecule has 0 aliphatic rings. The van der Waals surface area contributed by atoms with Crippen LogP contribution in [0.1, 0.15) is 37.8 Å². The summed E-state index contributed by atoms with van der Waals surface area (Å²) < 4.78 is 18.7. The van der Waals surface area contributed by atoms with Crippen molar-refractivity contribution in [3.05, 3.63) is 35.7 Å². The van der Waals surface area contributed by atoms with E-state index in [9.17, 15) is 4.39 Å². The highest BCUT2D eigenvalue weighted by atomic mass is 19.1. The lowest BCUT2D eigenvalue weighted by Gasteiger charge is -2.14. The van der Waals surface area contributed by atoms with Gasteiger partial charge in [0.15, 0.2) is 0 Å². The average molecular weight is 208 g/mol. The zero-order valence-corrected chi connectivity index (χ0v) is 9.73. The lowest BCUT2D eigenvalue weighted by atomic mass is 9.97. The maximum atomic E-state index is 13.6. The van der Waals surface area contributed by atoms with Gasteiger partial charge in [0, 0.05) is 11.6 Å². The molecule has 0 bridgehead atoms. The Bertz CT molecular complexity index is 380. The molecule has 1 aromatic rings. The van der Waals surface area contributed by atoms with Crippen molar-refractivity contribution in [2.45, 2.75) is 26.7 Å². The van der Waals surface area contributed by atoms with E-state index in [0.29, 0.717) is 17.2 Å². The molecule has 0 aliphatic carbocycles. The van der Waals surface area contributed by atoms with E-state index >= 15 is 0 Å². The average Bonchev–Trinajstić information content (AvgIpc) is 2.16. The molecule has 0 saturated carbocycles. The number of allylic oxidation sites excluding steroid dienone is 1. The molecule has 0 amide bonds. The third-order valence-corrected chi connectivity index (χ3v) is 2.40. The summed E-state index contributed by atoms with van der Waals surface area (Å²) in [6.07, 6.45) is 0. The molecule has 1 rings (SSSR count). The van der Waals surface area contributed by atoms with Gasteiger partial charge in [-0.05, 0) is 30.0 Å². The Kier molecular flexibility index (Phi) is 3.51. The zero-order chi connectivity index (χ0) is 11.6. The van der Waals surface area contributed by atoms with Crippen molar-refractivity contribution in [1.29, 1.82) is 0 Å². The van der Waals surface area contributed by atoms with Crippen LogP contribution in [0.2, 0.25) is 0 Å². The van der Waals surface area contributed by atoms with Crippen LogP contribution >= 0.6 is 0 Å². The quantitative estimate of drug-likeness (QED) is 0.729. The molecule has 0 aliphatic heterocycles. The molecule has 0 atom stereocenters. The largest absolute Gasteiger partial charge is 0.496 e. The molecule has 15 heavy (non-hydrogen) atoms. The van der Waals surface area contributed by atoms with Crippen LogP contribution in [0.15, 0.2) is 18.7 Å². The monoisotopic (exact) mass is 208 g/mol. The van der Waals surface area contributed by atoms with E-state index in [1.165, 1.54) is 6.07 Å². The topological polar surface area (TPSA) is 9.23 Å². The van der Waals surface area contributed by atoms with Gasteiger partial charge in [0.25, 0.3) is 0 Å².